The Bertz CT molecular complexity index is 917. The van der Waals surface area contributed by atoms with Gasteiger partial charge in [0.2, 0.25) is 5.91 Å². The van der Waals surface area contributed by atoms with Gasteiger partial charge in [-0.25, -0.2) is 0 Å². The van der Waals surface area contributed by atoms with E-state index < -0.39 is 26.6 Å². The third-order valence-electron chi connectivity index (χ3n) is 8.82. The number of hydrogen-bond acceptors (Lipinski definition) is 6. The first-order chi connectivity index (χ1) is 24.0. The molecule has 0 aliphatic rings. The van der Waals surface area contributed by atoms with Gasteiger partial charge in [-0.2, -0.15) is 0 Å². The van der Waals surface area contributed by atoms with Gasteiger partial charge in [-0.3, -0.25) is 9.36 Å². The Morgan fingerprint density at radius 3 is 1.62 bits per heavy atom. The van der Waals surface area contributed by atoms with Crippen LogP contribution in [0.2, 0.25) is 0 Å². The van der Waals surface area contributed by atoms with Gasteiger partial charge in [-0.1, -0.05) is 140 Å². The summed E-state index contributed by atoms with van der Waals surface area (Å²) >= 11 is 0. The lowest BCUT2D eigenvalue weighted by Gasteiger charge is -2.29. The molecule has 50 heavy (non-hydrogen) atoms. The van der Waals surface area contributed by atoms with Gasteiger partial charge in [0.15, 0.2) is 0 Å². The van der Waals surface area contributed by atoms with E-state index in [2.05, 4.69) is 43.5 Å². The predicted octanol–water partition coefficient (Wildman–Crippen LogP) is 10.1. The van der Waals surface area contributed by atoms with Crippen LogP contribution >= 0.6 is 7.82 Å². The van der Waals surface area contributed by atoms with Crippen molar-refractivity contribution in [3.05, 3.63) is 36.5 Å². The van der Waals surface area contributed by atoms with Crippen molar-refractivity contribution in [2.75, 3.05) is 40.9 Å². The summed E-state index contributed by atoms with van der Waals surface area (Å²) in [5.41, 5.74) is 0. The van der Waals surface area contributed by atoms with Crippen LogP contribution in [0.15, 0.2) is 36.5 Å². The van der Waals surface area contributed by atoms with Crippen LogP contribution in [0.3, 0.4) is 0 Å². The Morgan fingerprint density at radius 1 is 0.680 bits per heavy atom. The van der Waals surface area contributed by atoms with Crippen LogP contribution in [-0.2, 0) is 18.4 Å². The lowest BCUT2D eigenvalue weighted by Crippen LogP contribution is -2.45. The van der Waals surface area contributed by atoms with Crippen molar-refractivity contribution in [3.8, 4) is 0 Å². The first-order valence-corrected chi connectivity index (χ1v) is 21.8. The molecule has 294 valence electrons. The fraction of sp³-hybridized carbons (Fsp3) is 0.829. The molecular weight excluding hydrogens is 647 g/mol. The molecule has 9 heteroatoms. The SMILES string of the molecule is CCCCCCC/C=C\CCCCCCCC(=O)NC(COP(=O)([O-])OCC[N+](C)(C)C)C(O)/C=C/CC/C=C/CCCCCCCCCC. The van der Waals surface area contributed by atoms with E-state index in [0.29, 0.717) is 17.4 Å². The van der Waals surface area contributed by atoms with E-state index in [4.69, 9.17) is 9.05 Å². The highest BCUT2D eigenvalue weighted by Crippen LogP contribution is 2.38. The van der Waals surface area contributed by atoms with E-state index in [1.165, 1.54) is 89.9 Å². The summed E-state index contributed by atoms with van der Waals surface area (Å²) in [6, 6.07) is -0.904. The largest absolute Gasteiger partial charge is 0.756 e. The average Bonchev–Trinajstić information content (AvgIpc) is 3.06. The number of quaternary nitrogens is 1. The molecule has 0 saturated carbocycles. The number of unbranched alkanes of at least 4 members (excludes halogenated alkanes) is 19. The van der Waals surface area contributed by atoms with Crippen molar-refractivity contribution >= 4 is 13.7 Å². The minimum Gasteiger partial charge on any atom is -0.756 e. The van der Waals surface area contributed by atoms with E-state index in [1.54, 1.807) is 6.08 Å². The molecule has 1 amide bonds. The van der Waals surface area contributed by atoms with Crippen LogP contribution in [0.25, 0.3) is 0 Å². The number of carbonyl (C=O) groups excluding carboxylic acids is 1. The molecule has 0 saturated heterocycles. The number of aliphatic hydroxyl groups excluding tert-OH is 1. The van der Waals surface area contributed by atoms with Gasteiger partial charge in [0.1, 0.15) is 13.2 Å². The van der Waals surface area contributed by atoms with Crippen molar-refractivity contribution in [1.82, 2.24) is 5.32 Å². The zero-order valence-corrected chi connectivity index (χ0v) is 34.0. The first-order valence-electron chi connectivity index (χ1n) is 20.4. The number of phosphoric ester groups is 1. The Morgan fingerprint density at radius 2 is 1.12 bits per heavy atom. The Kier molecular flexibility index (Phi) is 32.7. The van der Waals surface area contributed by atoms with Gasteiger partial charge in [-0.05, 0) is 57.8 Å². The fourth-order valence-electron chi connectivity index (χ4n) is 5.51. The summed E-state index contributed by atoms with van der Waals surface area (Å²) in [6.07, 6.45) is 39.0. The summed E-state index contributed by atoms with van der Waals surface area (Å²) in [5, 5.41) is 13.7. The number of likely N-dealkylation sites (N-methyl/N-ethyl adjacent to an activating group) is 1. The van der Waals surface area contributed by atoms with Crippen LogP contribution in [0, 0.1) is 0 Å². The van der Waals surface area contributed by atoms with Crippen LogP contribution < -0.4 is 10.2 Å². The molecule has 0 fully saturated rings. The molecule has 0 aliphatic heterocycles. The van der Waals surface area contributed by atoms with Crippen molar-refractivity contribution in [3.63, 3.8) is 0 Å². The highest BCUT2D eigenvalue weighted by atomic mass is 31.2. The number of carbonyl (C=O) groups is 1. The van der Waals surface area contributed by atoms with E-state index >= 15 is 0 Å². The summed E-state index contributed by atoms with van der Waals surface area (Å²) in [7, 11) is 1.23. The Balaban J connectivity index is 4.57. The number of phosphoric acid groups is 1. The summed E-state index contributed by atoms with van der Waals surface area (Å²) in [5.74, 6) is -0.219. The van der Waals surface area contributed by atoms with Gasteiger partial charge in [-0.15, -0.1) is 0 Å². The highest BCUT2D eigenvalue weighted by Gasteiger charge is 2.23. The standard InChI is InChI=1S/C41H79N2O6P/c1-6-8-10-12-14-16-18-20-22-24-26-28-30-32-34-40(44)39(38-49-50(46,47)48-37-36-43(3,4)5)42-41(45)35-33-31-29-27-25-23-21-19-17-15-13-11-9-7-2/h19,21,24,26,32,34,39-40,44H,6-18,20,22-23,25,27-31,33,35-38H2,1-5H3,(H-,42,45,46,47)/b21-19-,26-24+,34-32+. The number of nitrogens with zero attached hydrogens (tertiary/aromatic N) is 1. The molecule has 0 heterocycles. The van der Waals surface area contributed by atoms with Crippen LogP contribution in [0.4, 0.5) is 0 Å². The summed E-state index contributed by atoms with van der Waals surface area (Å²) < 4.78 is 23.1. The van der Waals surface area contributed by atoms with Crippen molar-refractivity contribution in [1.29, 1.82) is 0 Å². The van der Waals surface area contributed by atoms with Crippen LogP contribution in [0.1, 0.15) is 168 Å². The zero-order chi connectivity index (χ0) is 37.2. The monoisotopic (exact) mass is 727 g/mol. The second-order valence-electron chi connectivity index (χ2n) is 15.0. The predicted molar refractivity (Wildman–Crippen MR) is 210 cm³/mol. The first kappa shape index (κ1) is 48.7. The molecule has 0 aromatic heterocycles. The van der Waals surface area contributed by atoms with Gasteiger partial charge in [0.25, 0.3) is 7.82 Å². The molecule has 3 atom stereocenters. The molecule has 2 N–H and O–H groups in total. The number of amides is 1. The van der Waals surface area contributed by atoms with E-state index in [9.17, 15) is 19.4 Å². The fourth-order valence-corrected chi connectivity index (χ4v) is 6.24. The maximum absolute atomic E-state index is 12.8. The number of allylic oxidation sites excluding steroid dienone is 5. The molecule has 0 aromatic carbocycles. The van der Waals surface area contributed by atoms with Crippen molar-refractivity contribution in [2.45, 2.75) is 180 Å². The van der Waals surface area contributed by atoms with Crippen LogP contribution in [-0.4, -0.2) is 68.5 Å². The quantitative estimate of drug-likeness (QED) is 0.0288. The highest BCUT2D eigenvalue weighted by molar-refractivity contribution is 7.45. The number of aliphatic hydroxyl groups is 1. The molecule has 0 bridgehead atoms. The smallest absolute Gasteiger partial charge is 0.268 e. The lowest BCUT2D eigenvalue weighted by molar-refractivity contribution is -0.870. The second-order valence-corrected chi connectivity index (χ2v) is 16.4. The average molecular weight is 727 g/mol. The van der Waals surface area contributed by atoms with Gasteiger partial charge in [0.05, 0.1) is 39.9 Å². The van der Waals surface area contributed by atoms with Gasteiger partial charge < -0.3 is 28.8 Å². The molecule has 0 radical (unpaired) electrons. The van der Waals surface area contributed by atoms with Gasteiger partial charge in [0, 0.05) is 6.42 Å². The van der Waals surface area contributed by atoms with Gasteiger partial charge >= 0.3 is 0 Å². The number of hydrogen-bond donors (Lipinski definition) is 2. The lowest BCUT2D eigenvalue weighted by atomic mass is 10.1. The molecule has 0 aromatic rings. The minimum atomic E-state index is -4.59. The maximum Gasteiger partial charge on any atom is 0.268 e. The van der Waals surface area contributed by atoms with Crippen molar-refractivity contribution < 1.29 is 32.9 Å². The topological polar surface area (TPSA) is 108 Å². The summed E-state index contributed by atoms with van der Waals surface area (Å²) in [6.45, 7) is 4.58. The molecule has 3 unspecified atom stereocenters. The third kappa shape index (κ3) is 35.1. The maximum atomic E-state index is 12.8. The Hall–Kier alpha value is -1.28. The van der Waals surface area contributed by atoms with Crippen LogP contribution in [0.5, 0.6) is 0 Å². The van der Waals surface area contributed by atoms with Crippen molar-refractivity contribution in [2.24, 2.45) is 0 Å². The zero-order valence-electron chi connectivity index (χ0n) is 33.1. The summed E-state index contributed by atoms with van der Waals surface area (Å²) in [4.78, 5) is 25.2. The van der Waals surface area contributed by atoms with E-state index in [1.807, 2.05) is 27.2 Å². The molecule has 0 aliphatic carbocycles. The molecule has 0 rings (SSSR count). The molecular formula is C41H79N2O6P. The van der Waals surface area contributed by atoms with E-state index in [0.717, 1.165) is 57.8 Å². The third-order valence-corrected chi connectivity index (χ3v) is 9.79. The minimum absolute atomic E-state index is 0.00820. The normalized spacial score (nSPS) is 14.9. The molecule has 0 spiro atoms. The second kappa shape index (κ2) is 33.5. The number of nitrogens with one attached hydrogen (secondary N) is 1. The molecule has 8 nitrogen and oxygen atoms in total. The Labute approximate surface area is 308 Å². The number of rotatable bonds is 36. The van der Waals surface area contributed by atoms with E-state index in [-0.39, 0.29) is 12.5 Å².